The first-order valence-corrected chi connectivity index (χ1v) is 25.1. The van der Waals surface area contributed by atoms with E-state index in [0.29, 0.717) is 0 Å². The summed E-state index contributed by atoms with van der Waals surface area (Å²) >= 11 is 2.22. The second-order valence-electron chi connectivity index (χ2n) is 15.7. The van der Waals surface area contributed by atoms with Crippen LogP contribution in [0.15, 0.2) is 121 Å². The molecule has 0 aliphatic carbocycles. The van der Waals surface area contributed by atoms with Gasteiger partial charge in [-0.25, -0.2) is 0 Å². The molecule has 10 aliphatic rings. The fourth-order valence-electron chi connectivity index (χ4n) is 20.9. The van der Waals surface area contributed by atoms with Crippen LogP contribution in [0.3, 0.4) is 0 Å². The van der Waals surface area contributed by atoms with E-state index in [9.17, 15) is 0 Å². The molecule has 4 aromatic rings. The first-order valence-electron chi connectivity index (χ1n) is 14.3. The summed E-state index contributed by atoms with van der Waals surface area (Å²) in [7, 11) is 3.86. The second kappa shape index (κ2) is 3.49. The Morgan fingerprint density at radius 1 is 0.436 bits per heavy atom. The third-order valence-corrected chi connectivity index (χ3v) is 76.3. The fourth-order valence-corrected chi connectivity index (χ4v) is 126. The molecule has 0 amide bonds. The third-order valence-electron chi connectivity index (χ3n) is 19.4. The molecule has 0 nitrogen and oxygen atoms in total. The Morgan fingerprint density at radius 2 is 0.692 bits per heavy atom. The molecule has 0 N–H and O–H groups in total. The Hall–Kier alpha value is -0.788. The van der Waals surface area contributed by atoms with Crippen LogP contribution < -0.4 is 21.2 Å². The van der Waals surface area contributed by atoms with Gasteiger partial charge in [-0.05, 0) is 0 Å². The molecule has 5 heteroatoms. The Balaban J connectivity index is 0.000000912. The van der Waals surface area contributed by atoms with Crippen LogP contribution in [0.25, 0.3) is 0 Å². The van der Waals surface area contributed by atoms with E-state index in [1.54, 1.807) is 21.2 Å². The van der Waals surface area contributed by atoms with E-state index in [2.05, 4.69) is 149 Å². The summed E-state index contributed by atoms with van der Waals surface area (Å²) in [6.45, 7) is -3.82. The summed E-state index contributed by atoms with van der Waals surface area (Å²) in [5.41, 5.74) is 0. The van der Waals surface area contributed by atoms with Gasteiger partial charge in [0, 0.05) is 0 Å². The number of hydrogen-bond donors (Lipinski definition) is 0. The second-order valence-corrected chi connectivity index (χ2v) is 44.5. The van der Waals surface area contributed by atoms with Gasteiger partial charge >= 0.3 is 239 Å². The van der Waals surface area contributed by atoms with Gasteiger partial charge < -0.3 is 0 Å². The van der Waals surface area contributed by atoms with Crippen molar-refractivity contribution in [3.05, 3.63) is 121 Å². The zero-order valence-electron chi connectivity index (χ0n) is 21.1. The van der Waals surface area contributed by atoms with Crippen molar-refractivity contribution < 1.29 is 24.7 Å². The maximum absolute atomic E-state index is 4.49. The number of rotatable bonds is 6. The van der Waals surface area contributed by atoms with Crippen LogP contribution in [-0.4, -0.2) is 8.11 Å². The molecule has 4 aromatic carbocycles. The Bertz CT molecular complexity index is 1920. The average Bonchev–Trinajstić information content (AvgIpc) is 3.97. The Kier molecular flexibility index (Phi) is 1.88. The van der Waals surface area contributed by atoms with Crippen LogP contribution in [0.2, 0.25) is 38.5 Å². The van der Waals surface area contributed by atoms with Crippen LogP contribution in [0.4, 0.5) is 0 Å². The first kappa shape index (κ1) is 21.0. The van der Waals surface area contributed by atoms with Crippen molar-refractivity contribution in [3.8, 4) is 0 Å². The van der Waals surface area contributed by atoms with Crippen molar-refractivity contribution in [2.45, 2.75) is 46.6 Å². The van der Waals surface area contributed by atoms with Crippen molar-refractivity contribution in [1.29, 1.82) is 0 Å². The van der Waals surface area contributed by atoms with Crippen LogP contribution >= 0.6 is 25.4 Å². The summed E-state index contributed by atoms with van der Waals surface area (Å²) in [5.74, 6) is 0. The predicted octanol–water partition coefficient (Wildman–Crippen LogP) is 8.14. The van der Waals surface area contributed by atoms with Crippen LogP contribution in [0, 0.1) is 0 Å². The molecule has 0 aromatic heterocycles. The molecular weight excluding hydrogens is 668 g/mol. The summed E-state index contributed by atoms with van der Waals surface area (Å²) in [4.78, 5) is 10.2. The molecule has 0 bridgehead atoms. The number of fused-ring (bicyclic) bond motifs is 10. The molecule has 39 heavy (non-hydrogen) atoms. The van der Waals surface area contributed by atoms with Crippen molar-refractivity contribution >= 4 is 46.6 Å². The predicted molar refractivity (Wildman–Crippen MR) is 159 cm³/mol. The number of benzene rings is 4. The molecular formula is C34H28ClFeP2Pd. The monoisotopic (exact) mass is 695 g/mol. The van der Waals surface area contributed by atoms with Crippen LogP contribution in [0.1, 0.15) is 0 Å². The van der Waals surface area contributed by atoms with Gasteiger partial charge in [-0.2, -0.15) is 0 Å². The van der Waals surface area contributed by atoms with Gasteiger partial charge in [0.05, 0.1) is 0 Å². The minimum absolute atomic E-state index is 0.314. The van der Waals surface area contributed by atoms with Gasteiger partial charge in [0.1, 0.15) is 0 Å². The van der Waals surface area contributed by atoms with E-state index < -0.39 is 6.51 Å². The molecule has 199 valence electrons. The maximum atomic E-state index is 4.49. The summed E-state index contributed by atoms with van der Waals surface area (Å²) < 4.78 is 1.48. The van der Waals surface area contributed by atoms with Crippen molar-refractivity contribution in [2.24, 2.45) is 0 Å². The van der Waals surface area contributed by atoms with Gasteiger partial charge in [0.15, 0.2) is 0 Å². The molecule has 10 aliphatic heterocycles. The zero-order valence-corrected chi connectivity index (χ0v) is 26.3. The van der Waals surface area contributed by atoms with Gasteiger partial charge in [-0.1, -0.05) is 0 Å². The van der Waals surface area contributed by atoms with E-state index in [0.717, 1.165) is 8.11 Å². The van der Waals surface area contributed by atoms with Crippen molar-refractivity contribution in [3.63, 3.8) is 0 Å². The quantitative estimate of drug-likeness (QED) is 0.141. The van der Waals surface area contributed by atoms with E-state index >= 15 is 0 Å². The molecule has 1 spiro atoms. The fraction of sp³-hybridized carbons (Fsp3) is 0.294. The third kappa shape index (κ3) is 0.563. The molecule has 10 fully saturated rings. The Morgan fingerprint density at radius 3 is 0.897 bits per heavy atom. The molecule has 10 heterocycles. The van der Waals surface area contributed by atoms with E-state index in [-0.39, 0.29) is 15.8 Å². The van der Waals surface area contributed by atoms with Gasteiger partial charge in [0.2, 0.25) is 0 Å². The molecule has 14 rings (SSSR count). The van der Waals surface area contributed by atoms with Crippen molar-refractivity contribution in [2.75, 3.05) is 0 Å². The number of hydrogen-bond acceptors (Lipinski definition) is 0. The summed E-state index contributed by atoms with van der Waals surface area (Å²) in [6, 6.07) is 48.2. The van der Waals surface area contributed by atoms with Gasteiger partial charge in [-0.15, -0.1) is 0 Å². The molecule has 0 radical (unpaired) electrons. The number of halogens is 1. The van der Waals surface area contributed by atoms with Crippen LogP contribution in [0.5, 0.6) is 0 Å². The first-order chi connectivity index (χ1) is 19.1. The minimum atomic E-state index is -3.82. The summed E-state index contributed by atoms with van der Waals surface area (Å²) in [6.07, 6.45) is 0. The van der Waals surface area contributed by atoms with Gasteiger partial charge in [-0.3, -0.25) is 0 Å². The Labute approximate surface area is 237 Å². The molecule has 4 unspecified atom stereocenters. The standard InChI is InChI=1S/C29H23P2.C5H5.ClH.Fe.Pd/c1-5-14-24(15-6-1)30(25-16-7-2-8-17-25)28-22-13-23-29(28)31(26-18-9-3-10-19-26)27-20-11-4-12-21-27;1-2-4-5-3-1;;;/h1-23H;1-5H;1H;;/q;;;;+1/p-1. The molecule has 10 saturated heterocycles. The molecule has 4 atom stereocenters. The normalized spacial score (nSPS) is 60.0. The van der Waals surface area contributed by atoms with Gasteiger partial charge in [0.25, 0.3) is 0 Å². The van der Waals surface area contributed by atoms with Crippen LogP contribution in [-0.2, 0) is 24.7 Å². The molecule has 0 saturated carbocycles. The van der Waals surface area contributed by atoms with E-state index in [1.807, 2.05) is 0 Å². The zero-order chi connectivity index (χ0) is 25.5. The summed E-state index contributed by atoms with van der Waals surface area (Å²) in [5, 5.41) is 6.86. The van der Waals surface area contributed by atoms with Crippen molar-refractivity contribution in [1.82, 2.24) is 0 Å². The van der Waals surface area contributed by atoms with E-state index in [1.165, 1.54) is 38.5 Å². The average molecular weight is 696 g/mol. The topological polar surface area (TPSA) is 0 Å². The SMILES string of the molecule is [Cl][Pd].c1ccc(P(c2ccccc2)[C]23[CH]4[CH]5[CH]6[C]2(P(c2ccccc2)c2ccccc2)[Fe]54632789[CH]3[CH]2[CH]7[CH]8[CH]39)cc1. The van der Waals surface area contributed by atoms with E-state index in [4.69, 9.17) is 0 Å².